The highest BCUT2D eigenvalue weighted by atomic mass is 16.7. The molecule has 1 aliphatic heterocycles. The van der Waals surface area contributed by atoms with Crippen molar-refractivity contribution in [3.63, 3.8) is 0 Å². The minimum Gasteiger partial charge on any atom is -0.496 e. The van der Waals surface area contributed by atoms with Gasteiger partial charge < -0.3 is 19.3 Å². The van der Waals surface area contributed by atoms with Crippen LogP contribution in [0.3, 0.4) is 0 Å². The van der Waals surface area contributed by atoms with Gasteiger partial charge in [0.05, 0.1) is 13.0 Å². The van der Waals surface area contributed by atoms with E-state index in [9.17, 15) is 9.90 Å². The van der Waals surface area contributed by atoms with E-state index in [0.717, 1.165) is 17.5 Å². The predicted molar refractivity (Wildman–Crippen MR) is 89.0 cm³/mol. The second-order valence-corrected chi connectivity index (χ2v) is 5.71. The summed E-state index contributed by atoms with van der Waals surface area (Å²) in [4.78, 5) is 11.9. The Hall–Kier alpha value is -2.69. The molecule has 0 fully saturated rings. The molecule has 1 heterocycles. The standard InChI is InChI=1S/C19H20O5/c1-3-12-4-6-16(22-2)14(8-12)15(19(20)21)9-13-5-7-17-18(10-13)24-11-23-17/h4-8,10,15H,3,9,11H2,1-2H3,(H,20,21). The summed E-state index contributed by atoms with van der Waals surface area (Å²) in [6.45, 7) is 2.24. The summed E-state index contributed by atoms with van der Waals surface area (Å²) in [7, 11) is 1.56. The molecule has 1 N–H and O–H groups in total. The molecule has 0 aliphatic carbocycles. The topological polar surface area (TPSA) is 65.0 Å². The van der Waals surface area contributed by atoms with Crippen molar-refractivity contribution < 1.29 is 24.1 Å². The van der Waals surface area contributed by atoms with Gasteiger partial charge in [-0.15, -0.1) is 0 Å². The molecule has 1 unspecified atom stereocenters. The summed E-state index contributed by atoms with van der Waals surface area (Å²) in [5.74, 6) is 0.383. The van der Waals surface area contributed by atoms with Gasteiger partial charge in [-0.25, -0.2) is 0 Å². The first-order valence-corrected chi connectivity index (χ1v) is 7.90. The fourth-order valence-electron chi connectivity index (χ4n) is 2.91. The molecule has 24 heavy (non-hydrogen) atoms. The number of aliphatic carboxylic acids is 1. The fraction of sp³-hybridized carbons (Fsp3) is 0.316. The first-order valence-electron chi connectivity index (χ1n) is 7.90. The minimum atomic E-state index is -0.876. The van der Waals surface area contributed by atoms with Crippen molar-refractivity contribution in [3.05, 3.63) is 53.1 Å². The Balaban J connectivity index is 1.94. The van der Waals surface area contributed by atoms with E-state index in [1.807, 2.05) is 43.3 Å². The fourth-order valence-corrected chi connectivity index (χ4v) is 2.91. The molecule has 2 aromatic rings. The first kappa shape index (κ1) is 16.2. The van der Waals surface area contributed by atoms with E-state index in [0.29, 0.717) is 29.2 Å². The van der Waals surface area contributed by atoms with Gasteiger partial charge in [-0.05, 0) is 42.2 Å². The van der Waals surface area contributed by atoms with E-state index in [-0.39, 0.29) is 6.79 Å². The Labute approximate surface area is 140 Å². The lowest BCUT2D eigenvalue weighted by atomic mass is 9.90. The quantitative estimate of drug-likeness (QED) is 0.880. The molecule has 3 rings (SSSR count). The van der Waals surface area contributed by atoms with Gasteiger partial charge in [-0.3, -0.25) is 4.79 Å². The third-order valence-corrected chi connectivity index (χ3v) is 4.25. The van der Waals surface area contributed by atoms with Crippen LogP contribution in [0.5, 0.6) is 17.2 Å². The molecule has 5 heteroatoms. The molecular formula is C19H20O5. The Morgan fingerprint density at radius 2 is 1.92 bits per heavy atom. The van der Waals surface area contributed by atoms with Crippen LogP contribution in [0, 0.1) is 0 Å². The number of carbonyl (C=O) groups is 1. The zero-order valence-electron chi connectivity index (χ0n) is 13.7. The largest absolute Gasteiger partial charge is 0.496 e. The van der Waals surface area contributed by atoms with Crippen molar-refractivity contribution in [3.8, 4) is 17.2 Å². The molecule has 0 aromatic heterocycles. The monoisotopic (exact) mass is 328 g/mol. The summed E-state index contributed by atoms with van der Waals surface area (Å²) in [6, 6.07) is 11.3. The molecule has 0 spiro atoms. The zero-order chi connectivity index (χ0) is 17.1. The SMILES string of the molecule is CCc1ccc(OC)c(C(Cc2ccc3c(c2)OCO3)C(=O)O)c1. The van der Waals surface area contributed by atoms with Crippen LogP contribution in [0.4, 0.5) is 0 Å². The molecule has 2 aromatic carbocycles. The number of hydrogen-bond donors (Lipinski definition) is 1. The normalized spacial score (nSPS) is 13.6. The zero-order valence-corrected chi connectivity index (χ0v) is 13.7. The number of carboxylic acid groups (broad SMARTS) is 1. The summed E-state index contributed by atoms with van der Waals surface area (Å²) in [6.07, 6.45) is 1.20. The smallest absolute Gasteiger partial charge is 0.311 e. The molecule has 0 saturated heterocycles. The van der Waals surface area contributed by atoms with Crippen LogP contribution >= 0.6 is 0 Å². The van der Waals surface area contributed by atoms with Crippen molar-refractivity contribution >= 4 is 5.97 Å². The van der Waals surface area contributed by atoms with Gasteiger partial charge in [0.15, 0.2) is 11.5 Å². The number of aryl methyl sites for hydroxylation is 1. The van der Waals surface area contributed by atoms with Crippen LogP contribution in [0.2, 0.25) is 0 Å². The predicted octanol–water partition coefficient (Wildman–Crippen LogP) is 3.40. The molecule has 0 amide bonds. The molecule has 0 saturated carbocycles. The van der Waals surface area contributed by atoms with Crippen LogP contribution in [-0.4, -0.2) is 25.0 Å². The molecular weight excluding hydrogens is 308 g/mol. The van der Waals surface area contributed by atoms with Crippen molar-refractivity contribution in [2.24, 2.45) is 0 Å². The number of carboxylic acids is 1. The van der Waals surface area contributed by atoms with E-state index in [4.69, 9.17) is 14.2 Å². The van der Waals surface area contributed by atoms with Crippen molar-refractivity contribution in [2.45, 2.75) is 25.7 Å². The maximum absolute atomic E-state index is 11.9. The number of benzene rings is 2. The van der Waals surface area contributed by atoms with Gasteiger partial charge in [-0.2, -0.15) is 0 Å². The average Bonchev–Trinajstić information content (AvgIpc) is 3.06. The van der Waals surface area contributed by atoms with Crippen LogP contribution in [0.1, 0.15) is 29.5 Å². The van der Waals surface area contributed by atoms with Crippen LogP contribution in [0.25, 0.3) is 0 Å². The van der Waals surface area contributed by atoms with E-state index in [2.05, 4.69) is 0 Å². The van der Waals surface area contributed by atoms with Gasteiger partial charge >= 0.3 is 5.97 Å². The maximum atomic E-state index is 11.9. The molecule has 126 valence electrons. The van der Waals surface area contributed by atoms with E-state index >= 15 is 0 Å². The second-order valence-electron chi connectivity index (χ2n) is 5.71. The number of fused-ring (bicyclic) bond motifs is 1. The summed E-state index contributed by atoms with van der Waals surface area (Å²) < 4.78 is 16.1. The Kier molecular flexibility index (Phi) is 4.60. The van der Waals surface area contributed by atoms with E-state index in [1.165, 1.54) is 0 Å². The van der Waals surface area contributed by atoms with Crippen molar-refractivity contribution in [2.75, 3.05) is 13.9 Å². The number of hydrogen-bond acceptors (Lipinski definition) is 4. The summed E-state index contributed by atoms with van der Waals surface area (Å²) in [5.41, 5.74) is 2.67. The van der Waals surface area contributed by atoms with Gasteiger partial charge in [0, 0.05) is 5.56 Å². The van der Waals surface area contributed by atoms with Crippen molar-refractivity contribution in [1.29, 1.82) is 0 Å². The molecule has 1 aliphatic rings. The molecule has 0 bridgehead atoms. The molecule has 1 atom stereocenters. The third-order valence-electron chi connectivity index (χ3n) is 4.25. The Morgan fingerprint density at radius 3 is 2.62 bits per heavy atom. The van der Waals surface area contributed by atoms with Crippen LogP contribution in [0.15, 0.2) is 36.4 Å². The highest BCUT2D eigenvalue weighted by Gasteiger charge is 2.25. The van der Waals surface area contributed by atoms with Crippen molar-refractivity contribution in [1.82, 2.24) is 0 Å². The highest BCUT2D eigenvalue weighted by Crippen LogP contribution is 2.36. The van der Waals surface area contributed by atoms with Gasteiger partial charge in [0.25, 0.3) is 0 Å². The minimum absolute atomic E-state index is 0.202. The lowest BCUT2D eigenvalue weighted by Gasteiger charge is -2.17. The summed E-state index contributed by atoms with van der Waals surface area (Å²) in [5, 5.41) is 9.75. The maximum Gasteiger partial charge on any atom is 0.311 e. The lowest BCUT2D eigenvalue weighted by Crippen LogP contribution is -2.16. The molecule has 0 radical (unpaired) electrons. The Bertz CT molecular complexity index is 753. The van der Waals surface area contributed by atoms with Gasteiger partial charge in [-0.1, -0.05) is 25.1 Å². The van der Waals surface area contributed by atoms with E-state index in [1.54, 1.807) is 7.11 Å². The number of methoxy groups -OCH3 is 1. The first-order chi connectivity index (χ1) is 11.6. The lowest BCUT2D eigenvalue weighted by molar-refractivity contribution is -0.138. The second kappa shape index (κ2) is 6.83. The number of ether oxygens (including phenoxy) is 3. The summed E-state index contributed by atoms with van der Waals surface area (Å²) >= 11 is 0. The van der Waals surface area contributed by atoms with E-state index < -0.39 is 11.9 Å². The Morgan fingerprint density at radius 1 is 1.17 bits per heavy atom. The van der Waals surface area contributed by atoms with Crippen LogP contribution < -0.4 is 14.2 Å². The van der Waals surface area contributed by atoms with Gasteiger partial charge in [0.2, 0.25) is 6.79 Å². The molecule has 5 nitrogen and oxygen atoms in total. The highest BCUT2D eigenvalue weighted by molar-refractivity contribution is 5.78. The average molecular weight is 328 g/mol. The third kappa shape index (κ3) is 3.15. The van der Waals surface area contributed by atoms with Crippen LogP contribution in [-0.2, 0) is 17.6 Å². The van der Waals surface area contributed by atoms with Gasteiger partial charge in [0.1, 0.15) is 5.75 Å². The number of rotatable bonds is 6.